The van der Waals surface area contributed by atoms with E-state index >= 15 is 0 Å². The van der Waals surface area contributed by atoms with Crippen molar-refractivity contribution >= 4 is 28.8 Å². The van der Waals surface area contributed by atoms with Crippen LogP contribution in [0.15, 0.2) is 58.0 Å². The molecular weight excluding hydrogens is 414 g/mol. The number of likely N-dealkylation sites (tertiary alicyclic amines) is 1. The molecule has 1 amide bonds. The molecule has 0 radical (unpaired) electrons. The minimum absolute atomic E-state index is 0.0695. The van der Waals surface area contributed by atoms with Crippen LogP contribution in [0.1, 0.15) is 40.3 Å². The number of amides is 1. The third kappa shape index (κ3) is 3.25. The highest BCUT2D eigenvalue weighted by molar-refractivity contribution is 7.10. The van der Waals surface area contributed by atoms with E-state index in [-0.39, 0.29) is 24.0 Å². The van der Waals surface area contributed by atoms with Crippen molar-refractivity contribution in [1.29, 1.82) is 0 Å². The normalized spacial score (nSPS) is 22.1. The second-order valence-corrected chi connectivity index (χ2v) is 8.88. The number of benzene rings is 1. The summed E-state index contributed by atoms with van der Waals surface area (Å²) in [5.41, 5.74) is 2.55. The summed E-state index contributed by atoms with van der Waals surface area (Å²) in [5.74, 6) is -0.140. The van der Waals surface area contributed by atoms with Crippen LogP contribution in [0, 0.1) is 6.92 Å². The lowest BCUT2D eigenvalue weighted by Gasteiger charge is -2.24. The zero-order valence-corrected chi connectivity index (χ0v) is 17.9. The fourth-order valence-electron chi connectivity index (χ4n) is 4.28. The predicted molar refractivity (Wildman–Crippen MR) is 116 cm³/mol. The summed E-state index contributed by atoms with van der Waals surface area (Å²) in [6, 6.07) is 10.1. The number of nitrogens with zero attached hydrogens (tertiary/aromatic N) is 1. The lowest BCUT2D eigenvalue weighted by Crippen LogP contribution is -2.28. The molecule has 2 aliphatic heterocycles. The van der Waals surface area contributed by atoms with Gasteiger partial charge >= 0.3 is 0 Å². The minimum atomic E-state index is -0.688. The summed E-state index contributed by atoms with van der Waals surface area (Å²) in [5, 5.41) is 13.2. The minimum Gasteiger partial charge on any atom is -0.507 e. The van der Waals surface area contributed by atoms with Crippen LogP contribution in [0.3, 0.4) is 0 Å². The number of hydrogen-bond acceptors (Lipinski definition) is 6. The molecule has 7 heteroatoms. The van der Waals surface area contributed by atoms with Gasteiger partial charge in [0.2, 0.25) is 0 Å². The Balaban J connectivity index is 1.63. The Labute approximate surface area is 183 Å². The van der Waals surface area contributed by atoms with Gasteiger partial charge in [0.05, 0.1) is 18.4 Å². The largest absolute Gasteiger partial charge is 0.507 e. The highest BCUT2D eigenvalue weighted by Gasteiger charge is 2.47. The number of hydrogen-bond donors (Lipinski definition) is 1. The first-order valence-electron chi connectivity index (χ1n) is 10.1. The van der Waals surface area contributed by atoms with Crippen molar-refractivity contribution < 1.29 is 23.8 Å². The van der Waals surface area contributed by atoms with E-state index in [1.165, 1.54) is 22.5 Å². The fraction of sp³-hybridized carbons (Fsp3) is 0.250. The van der Waals surface area contributed by atoms with Crippen LogP contribution in [0.2, 0.25) is 0 Å². The van der Waals surface area contributed by atoms with Gasteiger partial charge in [0.1, 0.15) is 29.4 Å². The lowest BCUT2D eigenvalue weighted by atomic mass is 9.97. The molecule has 5 rings (SSSR count). The molecule has 2 aromatic heterocycles. The van der Waals surface area contributed by atoms with Crippen LogP contribution >= 0.6 is 11.3 Å². The maximum absolute atomic E-state index is 13.1. The molecule has 1 aromatic carbocycles. The third-order valence-corrected chi connectivity index (χ3v) is 6.84. The molecule has 2 atom stereocenters. The Morgan fingerprint density at radius 3 is 2.81 bits per heavy atom. The summed E-state index contributed by atoms with van der Waals surface area (Å²) in [7, 11) is 0. The predicted octanol–water partition coefficient (Wildman–Crippen LogP) is 4.59. The second-order valence-electron chi connectivity index (χ2n) is 7.93. The van der Waals surface area contributed by atoms with E-state index in [9.17, 15) is 14.7 Å². The van der Waals surface area contributed by atoms with E-state index < -0.39 is 17.7 Å². The van der Waals surface area contributed by atoms with Crippen molar-refractivity contribution in [2.75, 3.05) is 0 Å². The van der Waals surface area contributed by atoms with Gasteiger partial charge in [0.15, 0.2) is 0 Å². The van der Waals surface area contributed by atoms with Crippen molar-refractivity contribution in [3.8, 4) is 5.75 Å². The second kappa shape index (κ2) is 7.42. The van der Waals surface area contributed by atoms with Gasteiger partial charge in [-0.05, 0) is 66.8 Å². The molecule has 31 heavy (non-hydrogen) atoms. The molecular formula is C24H21NO5S. The Morgan fingerprint density at radius 2 is 2.10 bits per heavy atom. The average molecular weight is 436 g/mol. The Kier molecular flexibility index (Phi) is 4.70. The standard InChI is InChI=1S/C24H21NO5S/c1-13-7-9-31-23(13)20-19(22(27)24(28)25(20)12-17-4-3-8-29-17)21(26)15-5-6-18-16(11-15)10-14(2)30-18/h3-9,11,14,20,26H,10,12H2,1-2H3/b21-19-. The molecule has 0 bridgehead atoms. The average Bonchev–Trinajstić information content (AvgIpc) is 3.52. The maximum atomic E-state index is 13.1. The number of rotatable bonds is 4. The molecule has 0 aliphatic carbocycles. The molecule has 1 N–H and O–H groups in total. The van der Waals surface area contributed by atoms with Gasteiger partial charge in [-0.1, -0.05) is 0 Å². The van der Waals surface area contributed by atoms with Crippen molar-refractivity contribution in [2.24, 2.45) is 0 Å². The van der Waals surface area contributed by atoms with Gasteiger partial charge in [-0.25, -0.2) is 0 Å². The summed E-state index contributed by atoms with van der Waals surface area (Å²) >= 11 is 1.46. The number of Topliss-reactive ketones (excluding diaryl/α,β-unsaturated/α-hetero) is 1. The molecule has 158 valence electrons. The highest BCUT2D eigenvalue weighted by Crippen LogP contribution is 2.44. The van der Waals surface area contributed by atoms with Crippen LogP contribution < -0.4 is 4.74 Å². The number of aryl methyl sites for hydroxylation is 1. The molecule has 1 saturated heterocycles. The topological polar surface area (TPSA) is 80.0 Å². The van der Waals surface area contributed by atoms with Crippen molar-refractivity contribution in [3.05, 3.63) is 80.9 Å². The summed E-state index contributed by atoms with van der Waals surface area (Å²) in [6.45, 7) is 4.07. The number of carbonyl (C=O) groups is 2. The van der Waals surface area contributed by atoms with Crippen LogP contribution in [0.4, 0.5) is 0 Å². The Morgan fingerprint density at radius 1 is 1.26 bits per heavy atom. The first-order valence-corrected chi connectivity index (χ1v) is 11.0. The summed E-state index contributed by atoms with van der Waals surface area (Å²) < 4.78 is 11.2. The molecule has 0 saturated carbocycles. The van der Waals surface area contributed by atoms with Crippen LogP contribution in [0.25, 0.3) is 5.76 Å². The van der Waals surface area contributed by atoms with Gasteiger partial charge in [-0.15, -0.1) is 11.3 Å². The summed E-state index contributed by atoms with van der Waals surface area (Å²) in [6.07, 6.45) is 2.34. The van der Waals surface area contributed by atoms with E-state index in [0.717, 1.165) is 28.2 Å². The van der Waals surface area contributed by atoms with Crippen molar-refractivity contribution in [2.45, 2.75) is 39.0 Å². The monoisotopic (exact) mass is 435 g/mol. The third-order valence-electron chi connectivity index (χ3n) is 5.77. The van der Waals surface area contributed by atoms with Gasteiger partial charge < -0.3 is 19.2 Å². The molecule has 2 aliphatic rings. The van der Waals surface area contributed by atoms with Crippen LogP contribution in [0.5, 0.6) is 5.75 Å². The van der Waals surface area contributed by atoms with E-state index in [1.807, 2.05) is 31.4 Å². The first-order chi connectivity index (χ1) is 14.9. The van der Waals surface area contributed by atoms with E-state index in [1.54, 1.807) is 24.3 Å². The van der Waals surface area contributed by atoms with Gasteiger partial charge in [-0.3, -0.25) is 9.59 Å². The molecule has 2 unspecified atom stereocenters. The van der Waals surface area contributed by atoms with Crippen LogP contribution in [-0.2, 0) is 22.6 Å². The van der Waals surface area contributed by atoms with E-state index in [0.29, 0.717) is 11.3 Å². The number of thiophene rings is 1. The number of ketones is 1. The Hall–Kier alpha value is -3.32. The quantitative estimate of drug-likeness (QED) is 0.368. The number of carbonyl (C=O) groups excluding carboxylic acids is 2. The van der Waals surface area contributed by atoms with Gasteiger partial charge in [0.25, 0.3) is 11.7 Å². The smallest absolute Gasteiger partial charge is 0.296 e. The molecule has 4 heterocycles. The van der Waals surface area contributed by atoms with Gasteiger partial charge in [0, 0.05) is 16.9 Å². The highest BCUT2D eigenvalue weighted by atomic mass is 32.1. The molecule has 0 spiro atoms. The fourth-order valence-corrected chi connectivity index (χ4v) is 5.32. The van der Waals surface area contributed by atoms with Crippen LogP contribution in [-0.4, -0.2) is 27.8 Å². The first kappa shape index (κ1) is 19.6. The number of aliphatic hydroxyl groups excluding tert-OH is 1. The molecule has 3 aromatic rings. The zero-order valence-electron chi connectivity index (χ0n) is 17.1. The summed E-state index contributed by atoms with van der Waals surface area (Å²) in [4.78, 5) is 28.4. The van der Waals surface area contributed by atoms with Gasteiger partial charge in [-0.2, -0.15) is 0 Å². The maximum Gasteiger partial charge on any atom is 0.296 e. The SMILES string of the molecule is Cc1ccsc1C1/C(=C(/O)c2ccc3c(c2)CC(C)O3)C(=O)C(=O)N1Cc1ccco1. The lowest BCUT2D eigenvalue weighted by molar-refractivity contribution is -0.140. The molecule has 1 fully saturated rings. The van der Waals surface area contributed by atoms with Crippen molar-refractivity contribution in [3.63, 3.8) is 0 Å². The Bertz CT molecular complexity index is 1210. The number of furan rings is 1. The van der Waals surface area contributed by atoms with Crippen molar-refractivity contribution in [1.82, 2.24) is 4.90 Å². The van der Waals surface area contributed by atoms with E-state index in [2.05, 4.69) is 0 Å². The molecule has 6 nitrogen and oxygen atoms in total. The number of ether oxygens (including phenoxy) is 1. The number of fused-ring (bicyclic) bond motifs is 1. The zero-order chi connectivity index (χ0) is 21.7. The number of aliphatic hydroxyl groups is 1. The van der Waals surface area contributed by atoms with E-state index in [4.69, 9.17) is 9.15 Å².